The molecule has 25 heavy (non-hydrogen) atoms. The van der Waals surface area contributed by atoms with Crippen LogP contribution in [0.3, 0.4) is 0 Å². The predicted octanol–water partition coefficient (Wildman–Crippen LogP) is 3.01. The summed E-state index contributed by atoms with van der Waals surface area (Å²) in [6, 6.07) is 3.38. The summed E-state index contributed by atoms with van der Waals surface area (Å²) in [5.74, 6) is 0.900. The lowest BCUT2D eigenvalue weighted by atomic mass is 9.99. The number of pyridine rings is 1. The summed E-state index contributed by atoms with van der Waals surface area (Å²) in [7, 11) is 1.92. The maximum absolute atomic E-state index is 12.8. The van der Waals surface area contributed by atoms with Crippen LogP contribution in [-0.4, -0.2) is 38.1 Å². The van der Waals surface area contributed by atoms with Crippen LogP contribution in [0.4, 0.5) is 13.2 Å². The number of hydrogen-bond acceptors (Lipinski definition) is 4. The first-order valence-electron chi connectivity index (χ1n) is 8.19. The van der Waals surface area contributed by atoms with Gasteiger partial charge in [-0.1, -0.05) is 0 Å². The summed E-state index contributed by atoms with van der Waals surface area (Å²) in [5, 5.41) is 9.89. The van der Waals surface area contributed by atoms with Crippen molar-refractivity contribution in [3.63, 3.8) is 0 Å². The minimum Gasteiger partial charge on any atom is -0.506 e. The number of halogens is 3. The minimum atomic E-state index is -4.40. The van der Waals surface area contributed by atoms with E-state index in [4.69, 9.17) is 0 Å². The zero-order chi connectivity index (χ0) is 18.2. The van der Waals surface area contributed by atoms with Crippen molar-refractivity contribution < 1.29 is 18.3 Å². The first kappa shape index (κ1) is 17.7. The van der Waals surface area contributed by atoms with Gasteiger partial charge in [0.2, 0.25) is 0 Å². The van der Waals surface area contributed by atoms with Crippen molar-refractivity contribution in [2.45, 2.75) is 39.0 Å². The number of alkyl halides is 3. The van der Waals surface area contributed by atoms with E-state index in [0.717, 1.165) is 18.3 Å². The highest BCUT2D eigenvalue weighted by atomic mass is 19.4. The Kier molecular flexibility index (Phi) is 4.73. The summed E-state index contributed by atoms with van der Waals surface area (Å²) >= 11 is 0. The molecule has 1 aliphatic heterocycles. The molecule has 0 aromatic carbocycles. The minimum absolute atomic E-state index is 0.160. The monoisotopic (exact) mass is 354 g/mol. The lowest BCUT2D eigenvalue weighted by Gasteiger charge is -2.28. The van der Waals surface area contributed by atoms with Gasteiger partial charge in [0, 0.05) is 37.9 Å². The fourth-order valence-corrected chi connectivity index (χ4v) is 3.28. The molecule has 1 N–H and O–H groups in total. The molecule has 0 aliphatic carbocycles. The summed E-state index contributed by atoms with van der Waals surface area (Å²) < 4.78 is 40.0. The zero-order valence-corrected chi connectivity index (χ0v) is 14.2. The van der Waals surface area contributed by atoms with Crippen molar-refractivity contribution in [1.29, 1.82) is 0 Å². The lowest BCUT2D eigenvalue weighted by Crippen LogP contribution is -2.31. The average molecular weight is 354 g/mol. The van der Waals surface area contributed by atoms with Gasteiger partial charge < -0.3 is 14.6 Å². The van der Waals surface area contributed by atoms with E-state index in [1.807, 2.05) is 18.9 Å². The molecule has 3 rings (SSSR count). The molecule has 8 heteroatoms. The van der Waals surface area contributed by atoms with E-state index < -0.39 is 11.9 Å². The van der Waals surface area contributed by atoms with Gasteiger partial charge in [-0.2, -0.15) is 13.2 Å². The third-order valence-electron chi connectivity index (χ3n) is 4.46. The standard InChI is InChI=1S/C17H21F3N4O/c1-11-3-5-14(25)13(21-11)9-23(2)7-12-4-6-16-22-15(17(18,19)20)10-24(16)8-12/h3,5,10,12,25H,4,6-9H2,1-2H3/t12-/m1/s1. The number of fused-ring (bicyclic) bond motifs is 1. The molecule has 136 valence electrons. The Morgan fingerprint density at radius 3 is 2.80 bits per heavy atom. The van der Waals surface area contributed by atoms with Gasteiger partial charge >= 0.3 is 6.18 Å². The fraction of sp³-hybridized carbons (Fsp3) is 0.529. The molecule has 2 aromatic heterocycles. The first-order valence-corrected chi connectivity index (χ1v) is 8.19. The van der Waals surface area contributed by atoms with E-state index in [1.165, 1.54) is 0 Å². The summed E-state index contributed by atoms with van der Waals surface area (Å²) in [5.41, 5.74) is 0.632. The summed E-state index contributed by atoms with van der Waals surface area (Å²) in [6.45, 7) is 3.60. The molecule has 0 radical (unpaired) electrons. The maximum atomic E-state index is 12.8. The molecular formula is C17H21F3N4O. The summed E-state index contributed by atoms with van der Waals surface area (Å²) in [4.78, 5) is 10.1. The smallest absolute Gasteiger partial charge is 0.434 e. The van der Waals surface area contributed by atoms with Gasteiger partial charge in [0.1, 0.15) is 11.6 Å². The van der Waals surface area contributed by atoms with E-state index in [1.54, 1.807) is 16.7 Å². The Morgan fingerprint density at radius 2 is 2.08 bits per heavy atom. The maximum Gasteiger partial charge on any atom is 0.434 e. The highest BCUT2D eigenvalue weighted by Gasteiger charge is 2.35. The van der Waals surface area contributed by atoms with Crippen LogP contribution < -0.4 is 0 Å². The van der Waals surface area contributed by atoms with Gasteiger partial charge in [-0.3, -0.25) is 4.98 Å². The Hall–Kier alpha value is -2.09. The van der Waals surface area contributed by atoms with Crippen LogP contribution in [0.15, 0.2) is 18.3 Å². The molecule has 0 saturated heterocycles. The molecular weight excluding hydrogens is 333 g/mol. The topological polar surface area (TPSA) is 54.2 Å². The third kappa shape index (κ3) is 4.12. The van der Waals surface area contributed by atoms with Crippen molar-refractivity contribution in [3.05, 3.63) is 41.2 Å². The lowest BCUT2D eigenvalue weighted by molar-refractivity contribution is -0.141. The van der Waals surface area contributed by atoms with Crippen LogP contribution >= 0.6 is 0 Å². The number of aryl methyl sites for hydroxylation is 2. The largest absolute Gasteiger partial charge is 0.506 e. The van der Waals surface area contributed by atoms with Crippen LogP contribution in [0, 0.1) is 12.8 Å². The third-order valence-corrected chi connectivity index (χ3v) is 4.46. The molecule has 0 bridgehead atoms. The van der Waals surface area contributed by atoms with Crippen LogP contribution in [0.25, 0.3) is 0 Å². The first-order chi connectivity index (χ1) is 11.7. The van der Waals surface area contributed by atoms with Crippen molar-refractivity contribution in [2.75, 3.05) is 13.6 Å². The van der Waals surface area contributed by atoms with Gasteiger partial charge in [-0.25, -0.2) is 4.98 Å². The second-order valence-corrected chi connectivity index (χ2v) is 6.71. The second-order valence-electron chi connectivity index (χ2n) is 6.71. The van der Waals surface area contributed by atoms with Gasteiger partial charge in [-0.05, 0) is 38.4 Å². The van der Waals surface area contributed by atoms with Crippen molar-refractivity contribution in [2.24, 2.45) is 5.92 Å². The zero-order valence-electron chi connectivity index (χ0n) is 14.2. The molecule has 0 unspecified atom stereocenters. The highest BCUT2D eigenvalue weighted by molar-refractivity contribution is 5.27. The molecule has 0 fully saturated rings. The number of nitrogens with zero attached hydrogens (tertiary/aromatic N) is 4. The van der Waals surface area contributed by atoms with Gasteiger partial charge in [-0.15, -0.1) is 0 Å². The Bertz CT molecular complexity index is 757. The van der Waals surface area contributed by atoms with Crippen molar-refractivity contribution in [1.82, 2.24) is 19.4 Å². The van der Waals surface area contributed by atoms with E-state index in [0.29, 0.717) is 37.6 Å². The van der Waals surface area contributed by atoms with Gasteiger partial charge in [0.25, 0.3) is 0 Å². The predicted molar refractivity (Wildman–Crippen MR) is 86.0 cm³/mol. The fourth-order valence-electron chi connectivity index (χ4n) is 3.28. The molecule has 1 aliphatic rings. The van der Waals surface area contributed by atoms with Crippen molar-refractivity contribution in [3.8, 4) is 5.75 Å². The molecule has 0 spiro atoms. The van der Waals surface area contributed by atoms with Crippen molar-refractivity contribution >= 4 is 0 Å². The van der Waals surface area contributed by atoms with E-state index in [2.05, 4.69) is 9.97 Å². The Morgan fingerprint density at radius 1 is 1.32 bits per heavy atom. The second kappa shape index (κ2) is 6.67. The van der Waals surface area contributed by atoms with Crippen LogP contribution in [0.2, 0.25) is 0 Å². The number of imidazole rings is 1. The Labute approximate surface area is 144 Å². The molecule has 0 amide bonds. The van der Waals surface area contributed by atoms with Crippen LogP contribution in [0.5, 0.6) is 5.75 Å². The Balaban J connectivity index is 1.62. The highest BCUT2D eigenvalue weighted by Crippen LogP contribution is 2.31. The SMILES string of the molecule is Cc1ccc(O)c(CN(C)C[C@H]2CCc3nc(C(F)(F)F)cn3C2)n1. The molecule has 5 nitrogen and oxygen atoms in total. The van der Waals surface area contributed by atoms with Crippen LogP contribution in [0.1, 0.15) is 29.3 Å². The van der Waals surface area contributed by atoms with Gasteiger partial charge in [0.05, 0.1) is 5.69 Å². The quantitative estimate of drug-likeness (QED) is 0.917. The number of rotatable bonds is 4. The molecule has 3 heterocycles. The van der Waals surface area contributed by atoms with E-state index in [9.17, 15) is 18.3 Å². The number of aromatic nitrogens is 3. The number of aromatic hydroxyl groups is 1. The normalized spacial score (nSPS) is 17.8. The van der Waals surface area contributed by atoms with Gasteiger partial charge in [0.15, 0.2) is 5.69 Å². The molecule has 1 atom stereocenters. The summed E-state index contributed by atoms with van der Waals surface area (Å²) in [6.07, 6.45) is -1.95. The number of hydrogen-bond donors (Lipinski definition) is 1. The van der Waals surface area contributed by atoms with E-state index in [-0.39, 0.29) is 11.7 Å². The molecule has 0 saturated carbocycles. The van der Waals surface area contributed by atoms with Crippen LogP contribution in [-0.2, 0) is 25.7 Å². The average Bonchev–Trinajstić information content (AvgIpc) is 2.94. The molecule has 2 aromatic rings. The van der Waals surface area contributed by atoms with E-state index >= 15 is 0 Å².